The normalized spacial score (nSPS) is 12.8. The van der Waals surface area contributed by atoms with Crippen molar-refractivity contribution in [3.8, 4) is 0 Å². The second-order valence-electron chi connectivity index (χ2n) is 5.31. The van der Waals surface area contributed by atoms with Gasteiger partial charge in [0, 0.05) is 5.38 Å². The minimum atomic E-state index is -3.75. The van der Waals surface area contributed by atoms with Crippen LogP contribution in [0, 0.1) is 13.8 Å². The fraction of sp³-hybridized carbons (Fsp3) is 0.333. The van der Waals surface area contributed by atoms with Crippen molar-refractivity contribution in [3.63, 3.8) is 0 Å². The lowest BCUT2D eigenvalue weighted by Crippen LogP contribution is -2.44. The molecule has 2 N–H and O–H groups in total. The number of carbonyl (C=O) groups is 1. The van der Waals surface area contributed by atoms with Gasteiger partial charge in [-0.05, 0) is 32.4 Å². The van der Waals surface area contributed by atoms with Crippen LogP contribution in [-0.4, -0.2) is 25.4 Å². The Balaban J connectivity index is 2.02. The molecule has 1 aromatic heterocycles. The number of hydrogen-bond acceptors (Lipinski definition) is 5. The summed E-state index contributed by atoms with van der Waals surface area (Å²) in [6, 6.07) is 4.20. The molecule has 0 spiro atoms. The van der Waals surface area contributed by atoms with Gasteiger partial charge in [0.2, 0.25) is 15.9 Å². The number of aryl methyl sites for hydroxylation is 2. The molecule has 1 heterocycles. The van der Waals surface area contributed by atoms with Crippen LogP contribution in [0.4, 0.5) is 0 Å². The van der Waals surface area contributed by atoms with E-state index in [4.69, 9.17) is 0 Å². The average Bonchev–Trinajstić information content (AvgIpc) is 2.96. The number of amides is 1. The highest BCUT2D eigenvalue weighted by Gasteiger charge is 2.23. The van der Waals surface area contributed by atoms with Crippen molar-refractivity contribution < 1.29 is 13.2 Å². The maximum absolute atomic E-state index is 12.4. The molecule has 0 saturated heterocycles. The predicted molar refractivity (Wildman–Crippen MR) is 89.7 cm³/mol. The third-order valence-corrected chi connectivity index (χ3v) is 5.61. The van der Waals surface area contributed by atoms with Crippen LogP contribution in [0.5, 0.6) is 0 Å². The molecule has 124 valence electrons. The summed E-state index contributed by atoms with van der Waals surface area (Å²) in [6.07, 6.45) is 0. The van der Waals surface area contributed by atoms with E-state index in [1.165, 1.54) is 18.3 Å². The van der Waals surface area contributed by atoms with Crippen molar-refractivity contribution in [1.82, 2.24) is 15.0 Å². The van der Waals surface area contributed by atoms with E-state index in [2.05, 4.69) is 15.0 Å². The number of hydrogen-bond donors (Lipinski definition) is 2. The molecule has 0 aliphatic heterocycles. The number of rotatable bonds is 6. The van der Waals surface area contributed by atoms with Gasteiger partial charge >= 0.3 is 0 Å². The Kier molecular flexibility index (Phi) is 5.51. The standard InChI is InChI=1S/C15H19N3O3S2/c1-10-4-5-14(11(2)6-10)23(20,21)18-12(3)15(19)16-7-13-8-22-9-17-13/h4-6,8-9,12,18H,7H2,1-3H3,(H,16,19)/t12-/m0/s1. The van der Waals surface area contributed by atoms with Crippen LogP contribution in [0.15, 0.2) is 34.0 Å². The summed E-state index contributed by atoms with van der Waals surface area (Å²) < 4.78 is 27.2. The van der Waals surface area contributed by atoms with E-state index in [9.17, 15) is 13.2 Å². The van der Waals surface area contributed by atoms with E-state index >= 15 is 0 Å². The molecule has 0 fully saturated rings. The van der Waals surface area contributed by atoms with Gasteiger partial charge in [-0.25, -0.2) is 13.4 Å². The van der Waals surface area contributed by atoms with Crippen molar-refractivity contribution in [2.24, 2.45) is 0 Å². The molecule has 1 atom stereocenters. The fourth-order valence-electron chi connectivity index (χ4n) is 2.11. The topological polar surface area (TPSA) is 88.2 Å². The lowest BCUT2D eigenvalue weighted by molar-refractivity contribution is -0.122. The maximum atomic E-state index is 12.4. The number of nitrogens with zero attached hydrogens (tertiary/aromatic N) is 1. The summed E-state index contributed by atoms with van der Waals surface area (Å²) in [6.45, 7) is 5.41. The second-order valence-corrected chi connectivity index (χ2v) is 7.71. The summed E-state index contributed by atoms with van der Waals surface area (Å²) >= 11 is 1.44. The van der Waals surface area contributed by atoms with Crippen LogP contribution in [0.3, 0.4) is 0 Å². The average molecular weight is 353 g/mol. The Hall–Kier alpha value is -1.77. The first-order chi connectivity index (χ1) is 10.8. The summed E-state index contributed by atoms with van der Waals surface area (Å²) in [7, 11) is -3.75. The minimum absolute atomic E-state index is 0.183. The van der Waals surface area contributed by atoms with E-state index in [1.54, 1.807) is 30.6 Å². The maximum Gasteiger partial charge on any atom is 0.241 e. The van der Waals surface area contributed by atoms with Crippen molar-refractivity contribution in [3.05, 3.63) is 45.9 Å². The van der Waals surface area contributed by atoms with E-state index in [0.29, 0.717) is 5.56 Å². The third kappa shape index (κ3) is 4.60. The highest BCUT2D eigenvalue weighted by molar-refractivity contribution is 7.89. The molecule has 1 aromatic carbocycles. The number of nitrogens with one attached hydrogen (secondary N) is 2. The summed E-state index contributed by atoms with van der Waals surface area (Å²) in [5.41, 5.74) is 4.05. The number of carbonyl (C=O) groups excluding carboxylic acids is 1. The van der Waals surface area contributed by atoms with Gasteiger partial charge in [-0.1, -0.05) is 17.7 Å². The number of benzene rings is 1. The van der Waals surface area contributed by atoms with Crippen molar-refractivity contribution in [2.75, 3.05) is 0 Å². The van der Waals surface area contributed by atoms with Crippen molar-refractivity contribution in [1.29, 1.82) is 0 Å². The molecule has 0 aliphatic rings. The molecule has 8 heteroatoms. The van der Waals surface area contributed by atoms with Gasteiger partial charge in [-0.3, -0.25) is 4.79 Å². The Morgan fingerprint density at radius 3 is 2.70 bits per heavy atom. The van der Waals surface area contributed by atoms with Gasteiger partial charge in [-0.2, -0.15) is 4.72 Å². The Morgan fingerprint density at radius 2 is 2.09 bits per heavy atom. The number of sulfonamides is 1. The van der Waals surface area contributed by atoms with E-state index in [-0.39, 0.29) is 11.4 Å². The van der Waals surface area contributed by atoms with Crippen LogP contribution in [0.2, 0.25) is 0 Å². The highest BCUT2D eigenvalue weighted by Crippen LogP contribution is 2.16. The fourth-order valence-corrected chi connectivity index (χ4v) is 4.09. The van der Waals surface area contributed by atoms with Crippen LogP contribution in [-0.2, 0) is 21.4 Å². The molecular formula is C15H19N3O3S2. The lowest BCUT2D eigenvalue weighted by atomic mass is 10.2. The SMILES string of the molecule is Cc1ccc(S(=O)(=O)N[C@@H](C)C(=O)NCc2cscn2)c(C)c1. The largest absolute Gasteiger partial charge is 0.349 e. The van der Waals surface area contributed by atoms with E-state index < -0.39 is 22.0 Å². The Morgan fingerprint density at radius 1 is 1.35 bits per heavy atom. The van der Waals surface area contributed by atoms with Gasteiger partial charge in [0.25, 0.3) is 0 Å². The van der Waals surface area contributed by atoms with Crippen LogP contribution in [0.1, 0.15) is 23.7 Å². The molecule has 0 bridgehead atoms. The van der Waals surface area contributed by atoms with E-state index in [0.717, 1.165) is 11.3 Å². The molecule has 6 nitrogen and oxygen atoms in total. The molecule has 1 amide bonds. The van der Waals surface area contributed by atoms with Gasteiger partial charge in [0.05, 0.1) is 28.7 Å². The predicted octanol–water partition coefficient (Wildman–Crippen LogP) is 1.74. The van der Waals surface area contributed by atoms with Gasteiger partial charge in [0.15, 0.2) is 0 Å². The molecule has 23 heavy (non-hydrogen) atoms. The van der Waals surface area contributed by atoms with E-state index in [1.807, 2.05) is 12.3 Å². The minimum Gasteiger partial charge on any atom is -0.349 e. The van der Waals surface area contributed by atoms with Gasteiger partial charge < -0.3 is 5.32 Å². The van der Waals surface area contributed by atoms with Gasteiger partial charge in [0.1, 0.15) is 0 Å². The third-order valence-electron chi connectivity index (χ3n) is 3.27. The summed E-state index contributed by atoms with van der Waals surface area (Å²) in [5.74, 6) is -0.397. The zero-order valence-corrected chi connectivity index (χ0v) is 14.8. The molecule has 0 aliphatic carbocycles. The summed E-state index contributed by atoms with van der Waals surface area (Å²) in [4.78, 5) is 16.3. The molecule has 0 saturated carbocycles. The van der Waals surface area contributed by atoms with Crippen LogP contribution >= 0.6 is 11.3 Å². The zero-order valence-electron chi connectivity index (χ0n) is 13.2. The highest BCUT2D eigenvalue weighted by atomic mass is 32.2. The first-order valence-electron chi connectivity index (χ1n) is 7.04. The molecule has 2 rings (SSSR count). The number of aromatic nitrogens is 1. The van der Waals surface area contributed by atoms with Crippen LogP contribution in [0.25, 0.3) is 0 Å². The second kappa shape index (κ2) is 7.20. The zero-order chi connectivity index (χ0) is 17.0. The Bertz CT molecular complexity index is 786. The number of thiazole rings is 1. The first kappa shape index (κ1) is 17.6. The van der Waals surface area contributed by atoms with Crippen molar-refractivity contribution in [2.45, 2.75) is 38.3 Å². The smallest absolute Gasteiger partial charge is 0.241 e. The molecule has 0 radical (unpaired) electrons. The lowest BCUT2D eigenvalue weighted by Gasteiger charge is -2.15. The summed E-state index contributed by atoms with van der Waals surface area (Å²) in [5, 5.41) is 4.49. The Labute approximate surface area is 140 Å². The first-order valence-corrected chi connectivity index (χ1v) is 9.46. The monoisotopic (exact) mass is 353 g/mol. The van der Waals surface area contributed by atoms with Crippen molar-refractivity contribution >= 4 is 27.3 Å². The molecular weight excluding hydrogens is 334 g/mol. The van der Waals surface area contributed by atoms with Crippen LogP contribution < -0.4 is 10.0 Å². The molecule has 2 aromatic rings. The van der Waals surface area contributed by atoms with Gasteiger partial charge in [-0.15, -0.1) is 11.3 Å². The quantitative estimate of drug-likeness (QED) is 0.828. The molecule has 0 unspecified atom stereocenters.